The number of nitrogens with zero attached hydrogens (tertiary/aromatic N) is 1. The molecule has 0 bridgehead atoms. The molecule has 1 heterocycles. The van der Waals surface area contributed by atoms with Gasteiger partial charge in [-0.15, -0.1) is 0 Å². The number of ketones is 1. The molecule has 166 valence electrons. The Hall–Kier alpha value is -3.28. The molecule has 0 saturated carbocycles. The van der Waals surface area contributed by atoms with E-state index in [2.05, 4.69) is 0 Å². The largest absolute Gasteiger partial charge is 0.497 e. The fourth-order valence-corrected chi connectivity index (χ4v) is 4.77. The first-order valence-corrected chi connectivity index (χ1v) is 10.8. The van der Waals surface area contributed by atoms with Crippen molar-refractivity contribution in [2.75, 3.05) is 13.7 Å². The van der Waals surface area contributed by atoms with Crippen LogP contribution in [0.25, 0.3) is 0 Å². The zero-order valence-corrected chi connectivity index (χ0v) is 18.4. The van der Waals surface area contributed by atoms with E-state index in [0.29, 0.717) is 35.4 Å². The number of aliphatic imine (C=N–C) groups is 1. The van der Waals surface area contributed by atoms with Crippen molar-refractivity contribution in [3.05, 3.63) is 76.7 Å². The van der Waals surface area contributed by atoms with Crippen LogP contribution < -0.4 is 4.74 Å². The summed E-state index contributed by atoms with van der Waals surface area (Å²) >= 11 is 0. The van der Waals surface area contributed by atoms with E-state index in [-0.39, 0.29) is 18.3 Å². The minimum Gasteiger partial charge on any atom is -0.497 e. The van der Waals surface area contributed by atoms with Crippen molar-refractivity contribution in [2.24, 2.45) is 10.9 Å². The van der Waals surface area contributed by atoms with Gasteiger partial charge < -0.3 is 9.47 Å². The van der Waals surface area contributed by atoms with Crippen LogP contribution in [0.1, 0.15) is 49.7 Å². The fraction of sp³-hybridized carbons (Fsp3) is 0.346. The molecule has 2 aliphatic rings. The Bertz CT molecular complexity index is 1100. The van der Waals surface area contributed by atoms with E-state index < -0.39 is 23.6 Å². The number of hydrogen-bond acceptors (Lipinski definition) is 5. The maximum Gasteiger partial charge on any atom is 0.315 e. The van der Waals surface area contributed by atoms with Crippen molar-refractivity contribution in [1.29, 1.82) is 0 Å². The zero-order valence-electron chi connectivity index (χ0n) is 18.4. The molecule has 32 heavy (non-hydrogen) atoms. The molecule has 0 saturated heterocycles. The average molecular weight is 435 g/mol. The van der Waals surface area contributed by atoms with E-state index in [1.807, 2.05) is 24.3 Å². The molecule has 1 aliphatic heterocycles. The summed E-state index contributed by atoms with van der Waals surface area (Å²) < 4.78 is 24.6. The number of benzene rings is 2. The van der Waals surface area contributed by atoms with Gasteiger partial charge in [0.1, 0.15) is 17.5 Å². The molecule has 0 aromatic heterocycles. The second-order valence-electron chi connectivity index (χ2n) is 8.18. The summed E-state index contributed by atoms with van der Waals surface area (Å²) in [5.41, 5.74) is 3.38. The topological polar surface area (TPSA) is 65.0 Å². The van der Waals surface area contributed by atoms with Gasteiger partial charge in [0.05, 0.1) is 13.7 Å². The van der Waals surface area contributed by atoms with Crippen molar-refractivity contribution < 1.29 is 23.5 Å². The number of methoxy groups -OCH3 is 1. The molecule has 2 aromatic rings. The van der Waals surface area contributed by atoms with Crippen LogP contribution in [0.2, 0.25) is 0 Å². The van der Waals surface area contributed by atoms with Gasteiger partial charge in [0.25, 0.3) is 0 Å². The van der Waals surface area contributed by atoms with E-state index in [1.54, 1.807) is 33.1 Å². The van der Waals surface area contributed by atoms with Crippen molar-refractivity contribution in [3.8, 4) is 5.75 Å². The molecule has 0 N–H and O–H groups in total. The number of esters is 1. The predicted molar refractivity (Wildman–Crippen MR) is 119 cm³/mol. The summed E-state index contributed by atoms with van der Waals surface area (Å²) in [7, 11) is 1.61. The summed E-state index contributed by atoms with van der Waals surface area (Å²) in [5.74, 6) is -1.54. The van der Waals surface area contributed by atoms with Gasteiger partial charge in [-0.1, -0.05) is 24.3 Å². The Labute approximate surface area is 187 Å². The average Bonchev–Trinajstić information content (AvgIpc) is 2.78. The van der Waals surface area contributed by atoms with Crippen LogP contribution in [0.15, 0.2) is 64.8 Å². The van der Waals surface area contributed by atoms with Gasteiger partial charge in [-0.3, -0.25) is 14.6 Å². The van der Waals surface area contributed by atoms with Crippen molar-refractivity contribution in [3.63, 3.8) is 0 Å². The highest BCUT2D eigenvalue weighted by molar-refractivity contribution is 6.09. The number of rotatable bonds is 5. The number of carbonyl (C=O) groups excluding carboxylic acids is 2. The molecular formula is C26H26FNO4. The Morgan fingerprint density at radius 1 is 1.12 bits per heavy atom. The highest BCUT2D eigenvalue weighted by Crippen LogP contribution is 2.47. The number of allylic oxidation sites excluding steroid dienone is 2. The quantitative estimate of drug-likeness (QED) is 0.622. The third-order valence-electron chi connectivity index (χ3n) is 6.22. The van der Waals surface area contributed by atoms with E-state index in [4.69, 9.17) is 14.5 Å². The molecule has 3 atom stereocenters. The standard InChI is InChI=1S/C26H26FNO4/c1-4-32-26(30)23-15(2)28-21-13-18(16-8-10-20(31-3)11-9-16)14-22(29)25(21)24(23)17-6-5-7-19(27)12-17/h5-12,18,23-24H,4,13-14H2,1-3H3/t18-,23?,24-/m0/s1. The van der Waals surface area contributed by atoms with Gasteiger partial charge in [-0.25, -0.2) is 4.39 Å². The van der Waals surface area contributed by atoms with Crippen molar-refractivity contribution in [2.45, 2.75) is 38.5 Å². The lowest BCUT2D eigenvalue weighted by molar-refractivity contribution is -0.146. The molecule has 0 amide bonds. The molecule has 4 rings (SSSR count). The Morgan fingerprint density at radius 3 is 2.53 bits per heavy atom. The van der Waals surface area contributed by atoms with E-state index >= 15 is 0 Å². The van der Waals surface area contributed by atoms with Crippen LogP contribution in [0.3, 0.4) is 0 Å². The molecular weight excluding hydrogens is 409 g/mol. The van der Waals surface area contributed by atoms with Gasteiger partial charge in [0, 0.05) is 29.3 Å². The molecule has 0 spiro atoms. The van der Waals surface area contributed by atoms with Crippen LogP contribution in [-0.4, -0.2) is 31.2 Å². The minimum absolute atomic E-state index is 0.0176. The van der Waals surface area contributed by atoms with Crippen LogP contribution in [-0.2, 0) is 14.3 Å². The Kier molecular flexibility index (Phi) is 6.21. The van der Waals surface area contributed by atoms with Crippen molar-refractivity contribution in [1.82, 2.24) is 0 Å². The minimum atomic E-state index is -0.753. The van der Waals surface area contributed by atoms with Crippen LogP contribution in [0.4, 0.5) is 4.39 Å². The smallest absolute Gasteiger partial charge is 0.315 e. The fourth-order valence-electron chi connectivity index (χ4n) is 4.77. The number of hydrogen-bond donors (Lipinski definition) is 0. The lowest BCUT2D eigenvalue weighted by atomic mass is 9.69. The maximum absolute atomic E-state index is 14.1. The third kappa shape index (κ3) is 4.09. The van der Waals surface area contributed by atoms with Crippen LogP contribution in [0.5, 0.6) is 5.75 Å². The Morgan fingerprint density at radius 2 is 1.88 bits per heavy atom. The number of Topliss-reactive ketones (excluding diaryl/α,β-unsaturated/α-hetero) is 1. The molecule has 5 nitrogen and oxygen atoms in total. The molecule has 1 aliphatic carbocycles. The summed E-state index contributed by atoms with van der Waals surface area (Å²) in [6, 6.07) is 13.8. The monoisotopic (exact) mass is 435 g/mol. The van der Waals surface area contributed by atoms with E-state index in [1.165, 1.54) is 12.1 Å². The van der Waals surface area contributed by atoms with Gasteiger partial charge >= 0.3 is 5.97 Å². The number of carbonyl (C=O) groups is 2. The second-order valence-corrected chi connectivity index (χ2v) is 8.18. The zero-order chi connectivity index (χ0) is 22.8. The molecule has 6 heteroatoms. The van der Waals surface area contributed by atoms with Crippen LogP contribution >= 0.6 is 0 Å². The maximum atomic E-state index is 14.1. The van der Waals surface area contributed by atoms with Gasteiger partial charge in [0.2, 0.25) is 0 Å². The predicted octanol–water partition coefficient (Wildman–Crippen LogP) is 4.97. The summed E-state index contributed by atoms with van der Waals surface area (Å²) in [6.07, 6.45) is 0.882. The first kappa shape index (κ1) is 21.9. The van der Waals surface area contributed by atoms with Gasteiger partial charge in [0.15, 0.2) is 5.78 Å². The normalized spacial score (nSPS) is 22.8. The highest BCUT2D eigenvalue weighted by atomic mass is 19.1. The third-order valence-corrected chi connectivity index (χ3v) is 6.22. The van der Waals surface area contributed by atoms with Crippen LogP contribution in [0, 0.1) is 11.7 Å². The lowest BCUT2D eigenvalue weighted by Crippen LogP contribution is -2.38. The first-order chi connectivity index (χ1) is 15.4. The lowest BCUT2D eigenvalue weighted by Gasteiger charge is -2.36. The molecule has 0 radical (unpaired) electrons. The second kappa shape index (κ2) is 9.07. The van der Waals surface area contributed by atoms with E-state index in [0.717, 1.165) is 11.3 Å². The highest BCUT2D eigenvalue weighted by Gasteiger charge is 2.44. The molecule has 0 fully saturated rings. The SMILES string of the molecule is CCOC(=O)C1C(C)=NC2=C(C(=O)C[C@@H](c3ccc(OC)cc3)C2)[C@H]1c1cccc(F)c1. The van der Waals surface area contributed by atoms with Gasteiger partial charge in [-0.05, 0) is 61.6 Å². The summed E-state index contributed by atoms with van der Waals surface area (Å²) in [4.78, 5) is 31.0. The number of halogens is 1. The Balaban J connectivity index is 1.77. The molecule has 2 aromatic carbocycles. The molecule has 1 unspecified atom stereocenters. The van der Waals surface area contributed by atoms with E-state index in [9.17, 15) is 14.0 Å². The van der Waals surface area contributed by atoms with Crippen molar-refractivity contribution >= 4 is 17.5 Å². The van der Waals surface area contributed by atoms with Gasteiger partial charge in [-0.2, -0.15) is 0 Å². The first-order valence-electron chi connectivity index (χ1n) is 10.8. The summed E-state index contributed by atoms with van der Waals surface area (Å²) in [5, 5.41) is 0. The summed E-state index contributed by atoms with van der Waals surface area (Å²) in [6.45, 7) is 3.73. The number of ether oxygens (including phenoxy) is 2.